The van der Waals surface area contributed by atoms with E-state index in [-0.39, 0.29) is 29.8 Å². The molecule has 0 unspecified atom stereocenters. The van der Waals surface area contributed by atoms with Crippen molar-refractivity contribution < 1.29 is 19.0 Å². The molecule has 0 radical (unpaired) electrons. The summed E-state index contributed by atoms with van der Waals surface area (Å²) in [4.78, 5) is 14.8. The number of nitrogens with one attached hydrogen (secondary N) is 1. The van der Waals surface area contributed by atoms with Gasteiger partial charge in [0.05, 0.1) is 12.2 Å². The van der Waals surface area contributed by atoms with E-state index in [1.54, 1.807) is 13.2 Å². The van der Waals surface area contributed by atoms with Crippen LogP contribution in [0.15, 0.2) is 24.3 Å². The molecule has 6 heteroatoms. The Morgan fingerprint density at radius 3 is 2.69 bits per heavy atom. The summed E-state index contributed by atoms with van der Waals surface area (Å²) in [6.45, 7) is 2.32. The summed E-state index contributed by atoms with van der Waals surface area (Å²) < 4.78 is 19.1. The van der Waals surface area contributed by atoms with Gasteiger partial charge < -0.3 is 15.2 Å². The number of piperidine rings is 1. The van der Waals surface area contributed by atoms with Crippen LogP contribution in [0.1, 0.15) is 37.7 Å². The molecule has 1 aliphatic heterocycles. The first-order valence-electron chi connectivity index (χ1n) is 9.54. The molecule has 1 amide bonds. The third-order valence-corrected chi connectivity index (χ3v) is 5.72. The van der Waals surface area contributed by atoms with E-state index >= 15 is 0 Å². The number of rotatable bonds is 5. The predicted molar refractivity (Wildman–Crippen MR) is 97.0 cm³/mol. The van der Waals surface area contributed by atoms with E-state index in [2.05, 4.69) is 10.2 Å². The highest BCUT2D eigenvalue weighted by molar-refractivity contribution is 5.79. The Morgan fingerprint density at radius 2 is 2.00 bits per heavy atom. The average Bonchev–Trinajstić information content (AvgIpc) is 2.65. The first kappa shape index (κ1) is 19.3. The molecule has 5 nitrogen and oxygen atoms in total. The molecule has 3 atom stereocenters. The quantitative estimate of drug-likeness (QED) is 0.840. The molecule has 1 aliphatic carbocycles. The summed E-state index contributed by atoms with van der Waals surface area (Å²) in [7, 11) is 1.58. The van der Waals surface area contributed by atoms with Gasteiger partial charge in [0.1, 0.15) is 5.82 Å². The first-order chi connectivity index (χ1) is 12.6. The summed E-state index contributed by atoms with van der Waals surface area (Å²) in [5.41, 5.74) is 0.723. The van der Waals surface area contributed by atoms with Crippen LogP contribution in [-0.2, 0) is 16.1 Å². The molecule has 1 aromatic carbocycles. The Hall–Kier alpha value is -1.50. The van der Waals surface area contributed by atoms with Crippen LogP contribution in [0.3, 0.4) is 0 Å². The number of benzene rings is 1. The minimum Gasteiger partial charge on any atom is -0.390 e. The maximum Gasteiger partial charge on any atom is 0.223 e. The fourth-order valence-corrected chi connectivity index (χ4v) is 4.03. The fraction of sp³-hybridized carbons (Fsp3) is 0.650. The van der Waals surface area contributed by atoms with E-state index in [1.807, 2.05) is 12.1 Å². The number of amides is 1. The van der Waals surface area contributed by atoms with Gasteiger partial charge in [0.2, 0.25) is 5.91 Å². The van der Waals surface area contributed by atoms with Gasteiger partial charge in [0, 0.05) is 44.3 Å². The number of methoxy groups -OCH3 is 1. The van der Waals surface area contributed by atoms with Gasteiger partial charge in [-0.25, -0.2) is 4.39 Å². The first-order valence-corrected chi connectivity index (χ1v) is 9.54. The van der Waals surface area contributed by atoms with Crippen LogP contribution in [0.25, 0.3) is 0 Å². The molecule has 2 N–H and O–H groups in total. The highest BCUT2D eigenvalue weighted by atomic mass is 19.1. The van der Waals surface area contributed by atoms with Gasteiger partial charge in [-0.2, -0.15) is 0 Å². The molecule has 144 valence electrons. The Labute approximate surface area is 154 Å². The van der Waals surface area contributed by atoms with Crippen molar-refractivity contribution in [1.29, 1.82) is 0 Å². The zero-order chi connectivity index (χ0) is 18.5. The highest BCUT2D eigenvalue weighted by Gasteiger charge is 2.34. The minimum atomic E-state index is -0.467. The summed E-state index contributed by atoms with van der Waals surface area (Å²) in [5.74, 6) is -0.165. The smallest absolute Gasteiger partial charge is 0.223 e. The predicted octanol–water partition coefficient (Wildman–Crippen LogP) is 2.08. The van der Waals surface area contributed by atoms with E-state index in [1.165, 1.54) is 6.07 Å². The number of carbonyl (C=O) groups is 1. The average molecular weight is 364 g/mol. The molecule has 1 aromatic rings. The molecule has 2 aliphatic rings. The molecule has 26 heavy (non-hydrogen) atoms. The summed E-state index contributed by atoms with van der Waals surface area (Å²) in [6.07, 6.45) is 2.94. The fourth-order valence-electron chi connectivity index (χ4n) is 4.03. The molecular formula is C20H29FN2O3. The Kier molecular flexibility index (Phi) is 6.62. The topological polar surface area (TPSA) is 61.8 Å². The number of hydrogen-bond acceptors (Lipinski definition) is 4. The van der Waals surface area contributed by atoms with Gasteiger partial charge >= 0.3 is 0 Å². The maximum atomic E-state index is 13.8. The lowest BCUT2D eigenvalue weighted by Crippen LogP contribution is -2.48. The van der Waals surface area contributed by atoms with Crippen molar-refractivity contribution in [3.8, 4) is 0 Å². The monoisotopic (exact) mass is 364 g/mol. The van der Waals surface area contributed by atoms with Gasteiger partial charge in [-0.05, 0) is 38.2 Å². The molecule has 1 heterocycles. The number of aliphatic hydroxyl groups is 1. The number of likely N-dealkylation sites (tertiary alicyclic amines) is 1. The maximum absolute atomic E-state index is 13.8. The van der Waals surface area contributed by atoms with Crippen LogP contribution >= 0.6 is 0 Å². The Balaban J connectivity index is 1.44. The van der Waals surface area contributed by atoms with Crippen molar-refractivity contribution in [2.45, 2.75) is 56.9 Å². The molecule has 3 rings (SSSR count). The zero-order valence-corrected chi connectivity index (χ0v) is 15.4. The van der Waals surface area contributed by atoms with Crippen LogP contribution in [0.5, 0.6) is 0 Å². The van der Waals surface area contributed by atoms with Crippen molar-refractivity contribution >= 4 is 5.91 Å². The number of halogens is 1. The minimum absolute atomic E-state index is 0.0755. The lowest BCUT2D eigenvalue weighted by Gasteiger charge is -2.35. The largest absolute Gasteiger partial charge is 0.390 e. The summed E-state index contributed by atoms with van der Waals surface area (Å²) in [6, 6.07) is 7.06. The van der Waals surface area contributed by atoms with Crippen molar-refractivity contribution in [3.63, 3.8) is 0 Å². The van der Waals surface area contributed by atoms with Gasteiger partial charge in [-0.15, -0.1) is 0 Å². The summed E-state index contributed by atoms with van der Waals surface area (Å²) >= 11 is 0. The van der Waals surface area contributed by atoms with E-state index in [9.17, 15) is 14.3 Å². The summed E-state index contributed by atoms with van der Waals surface area (Å²) in [5, 5.41) is 13.0. The van der Waals surface area contributed by atoms with Gasteiger partial charge in [-0.1, -0.05) is 18.2 Å². The van der Waals surface area contributed by atoms with Crippen LogP contribution < -0.4 is 5.32 Å². The standard InChI is InChI=1S/C20H29FN2O3/c1-26-19-12-14(6-7-18(19)24)20(25)22-16-8-10-23(11-9-16)13-15-4-2-3-5-17(15)21/h2-5,14,16,18-19,24H,6-13H2,1H3,(H,22,25)/t14-,18+,19-/m1/s1. The van der Waals surface area contributed by atoms with Crippen molar-refractivity contribution in [3.05, 3.63) is 35.6 Å². The second-order valence-corrected chi connectivity index (χ2v) is 7.50. The number of ether oxygens (including phenoxy) is 1. The lowest BCUT2D eigenvalue weighted by atomic mass is 9.84. The normalized spacial score (nSPS) is 28.0. The SMILES string of the molecule is CO[C@@H]1C[C@H](C(=O)NC2CCN(Cc3ccccc3F)CC2)CC[C@@H]1O. The van der Waals surface area contributed by atoms with Gasteiger partial charge in [0.25, 0.3) is 0 Å². The number of carbonyl (C=O) groups excluding carboxylic acids is 1. The Morgan fingerprint density at radius 1 is 1.27 bits per heavy atom. The number of hydrogen-bond donors (Lipinski definition) is 2. The molecule has 0 spiro atoms. The molecular weight excluding hydrogens is 335 g/mol. The molecule has 2 fully saturated rings. The van der Waals surface area contributed by atoms with Crippen LogP contribution in [0.4, 0.5) is 4.39 Å². The van der Waals surface area contributed by atoms with E-state index in [4.69, 9.17) is 4.74 Å². The van der Waals surface area contributed by atoms with Crippen LogP contribution in [0, 0.1) is 11.7 Å². The van der Waals surface area contributed by atoms with Gasteiger partial charge in [0.15, 0.2) is 0 Å². The third kappa shape index (κ3) is 4.81. The highest BCUT2D eigenvalue weighted by Crippen LogP contribution is 2.27. The van der Waals surface area contributed by atoms with Crippen molar-refractivity contribution in [2.75, 3.05) is 20.2 Å². The van der Waals surface area contributed by atoms with E-state index in [0.29, 0.717) is 25.8 Å². The lowest BCUT2D eigenvalue weighted by molar-refractivity contribution is -0.131. The van der Waals surface area contributed by atoms with Crippen LogP contribution in [0.2, 0.25) is 0 Å². The van der Waals surface area contributed by atoms with Crippen LogP contribution in [-0.4, -0.2) is 54.4 Å². The zero-order valence-electron chi connectivity index (χ0n) is 15.4. The third-order valence-electron chi connectivity index (χ3n) is 5.72. The van der Waals surface area contributed by atoms with Gasteiger partial charge in [-0.3, -0.25) is 9.69 Å². The van der Waals surface area contributed by atoms with E-state index in [0.717, 1.165) is 31.5 Å². The Bertz CT molecular complexity index is 604. The number of aliphatic hydroxyl groups excluding tert-OH is 1. The van der Waals surface area contributed by atoms with Crippen molar-refractivity contribution in [1.82, 2.24) is 10.2 Å². The molecule has 1 saturated heterocycles. The van der Waals surface area contributed by atoms with E-state index < -0.39 is 6.10 Å². The second kappa shape index (κ2) is 8.93. The second-order valence-electron chi connectivity index (χ2n) is 7.50. The molecule has 1 saturated carbocycles. The van der Waals surface area contributed by atoms with Crippen molar-refractivity contribution in [2.24, 2.45) is 5.92 Å². The molecule has 0 bridgehead atoms. The molecule has 0 aromatic heterocycles. The number of nitrogens with zero attached hydrogens (tertiary/aromatic N) is 1.